The number of carbonyl (C=O) groups is 1. The number of nitrogen functional groups attached to an aromatic ring is 1. The summed E-state index contributed by atoms with van der Waals surface area (Å²) in [6, 6.07) is 11.1. The Balaban J connectivity index is 1.78. The van der Waals surface area contributed by atoms with E-state index in [9.17, 15) is 4.79 Å². The SMILES string of the molecule is Nc1ncc(-c2cn[nH]c2)cc1C(=O)OCc1ccccc1. The molecule has 110 valence electrons. The number of aromatic nitrogens is 3. The van der Waals surface area contributed by atoms with Crippen molar-refractivity contribution in [2.75, 3.05) is 5.73 Å². The Morgan fingerprint density at radius 1 is 1.18 bits per heavy atom. The first-order valence-corrected chi connectivity index (χ1v) is 6.70. The van der Waals surface area contributed by atoms with Gasteiger partial charge in [-0.1, -0.05) is 30.3 Å². The average molecular weight is 294 g/mol. The Morgan fingerprint density at radius 3 is 2.73 bits per heavy atom. The summed E-state index contributed by atoms with van der Waals surface area (Å²) in [4.78, 5) is 16.2. The van der Waals surface area contributed by atoms with Crippen molar-refractivity contribution >= 4 is 11.8 Å². The summed E-state index contributed by atoms with van der Waals surface area (Å²) in [5, 5.41) is 6.58. The van der Waals surface area contributed by atoms with Crippen LogP contribution in [0.25, 0.3) is 11.1 Å². The predicted molar refractivity (Wildman–Crippen MR) is 81.8 cm³/mol. The van der Waals surface area contributed by atoms with Crippen LogP contribution in [0.3, 0.4) is 0 Å². The predicted octanol–water partition coefficient (Wildman–Crippen LogP) is 2.41. The minimum Gasteiger partial charge on any atom is -0.457 e. The molecule has 0 aliphatic carbocycles. The minimum absolute atomic E-state index is 0.144. The van der Waals surface area contributed by atoms with Gasteiger partial charge in [0.1, 0.15) is 18.0 Å². The molecule has 2 heterocycles. The fourth-order valence-electron chi connectivity index (χ4n) is 2.01. The molecule has 1 aromatic carbocycles. The zero-order valence-electron chi connectivity index (χ0n) is 11.7. The summed E-state index contributed by atoms with van der Waals surface area (Å²) in [5.41, 5.74) is 8.50. The van der Waals surface area contributed by atoms with Crippen LogP contribution in [-0.4, -0.2) is 21.2 Å². The highest BCUT2D eigenvalue weighted by atomic mass is 16.5. The Bertz CT molecular complexity index is 770. The fourth-order valence-corrected chi connectivity index (χ4v) is 2.01. The Labute approximate surface area is 127 Å². The lowest BCUT2D eigenvalue weighted by atomic mass is 10.1. The molecule has 0 saturated carbocycles. The molecule has 0 unspecified atom stereocenters. The number of pyridine rings is 1. The third-order valence-electron chi connectivity index (χ3n) is 3.18. The number of nitrogens with two attached hydrogens (primary N) is 1. The number of nitrogens with zero attached hydrogens (tertiary/aromatic N) is 2. The highest BCUT2D eigenvalue weighted by molar-refractivity contribution is 5.95. The number of hydrogen-bond donors (Lipinski definition) is 2. The number of nitrogens with one attached hydrogen (secondary N) is 1. The van der Waals surface area contributed by atoms with Crippen molar-refractivity contribution in [3.63, 3.8) is 0 Å². The van der Waals surface area contributed by atoms with Gasteiger partial charge in [-0.3, -0.25) is 5.10 Å². The van der Waals surface area contributed by atoms with Gasteiger partial charge in [-0.15, -0.1) is 0 Å². The molecule has 0 atom stereocenters. The van der Waals surface area contributed by atoms with Crippen LogP contribution in [0.2, 0.25) is 0 Å². The van der Waals surface area contributed by atoms with Gasteiger partial charge >= 0.3 is 5.97 Å². The minimum atomic E-state index is -0.501. The molecule has 0 aliphatic heterocycles. The van der Waals surface area contributed by atoms with Gasteiger partial charge in [0.15, 0.2) is 0 Å². The molecule has 0 spiro atoms. The molecule has 0 radical (unpaired) electrons. The number of hydrogen-bond acceptors (Lipinski definition) is 5. The Kier molecular flexibility index (Phi) is 3.82. The first kappa shape index (κ1) is 13.8. The molecule has 0 saturated heterocycles. The zero-order chi connectivity index (χ0) is 15.4. The number of carbonyl (C=O) groups excluding carboxylic acids is 1. The molecule has 0 bridgehead atoms. The topological polar surface area (TPSA) is 93.9 Å². The number of ether oxygens (including phenoxy) is 1. The molecule has 3 N–H and O–H groups in total. The molecular weight excluding hydrogens is 280 g/mol. The molecule has 2 aromatic heterocycles. The molecule has 0 amide bonds. The third-order valence-corrected chi connectivity index (χ3v) is 3.18. The third kappa shape index (κ3) is 2.95. The van der Waals surface area contributed by atoms with Gasteiger partial charge in [0.25, 0.3) is 0 Å². The quantitative estimate of drug-likeness (QED) is 0.721. The van der Waals surface area contributed by atoms with Gasteiger partial charge in [0.2, 0.25) is 0 Å². The summed E-state index contributed by atoms with van der Waals surface area (Å²) < 4.78 is 5.28. The molecule has 0 aliphatic rings. The van der Waals surface area contributed by atoms with Crippen LogP contribution < -0.4 is 5.73 Å². The molecule has 22 heavy (non-hydrogen) atoms. The van der Waals surface area contributed by atoms with Crippen molar-refractivity contribution in [2.24, 2.45) is 0 Å². The van der Waals surface area contributed by atoms with E-state index < -0.39 is 5.97 Å². The summed E-state index contributed by atoms with van der Waals surface area (Å²) in [5.74, 6) is -0.357. The number of benzene rings is 1. The second-order valence-corrected chi connectivity index (χ2v) is 4.71. The first-order valence-electron chi connectivity index (χ1n) is 6.70. The van der Waals surface area contributed by atoms with Crippen molar-refractivity contribution in [1.29, 1.82) is 0 Å². The van der Waals surface area contributed by atoms with Crippen LogP contribution >= 0.6 is 0 Å². The summed E-state index contributed by atoms with van der Waals surface area (Å²) >= 11 is 0. The summed E-state index contributed by atoms with van der Waals surface area (Å²) in [7, 11) is 0. The van der Waals surface area contributed by atoms with Gasteiger partial charge in [0.05, 0.1) is 6.20 Å². The second-order valence-electron chi connectivity index (χ2n) is 4.71. The molecule has 3 rings (SSSR count). The van der Waals surface area contributed by atoms with Crippen molar-refractivity contribution < 1.29 is 9.53 Å². The fraction of sp³-hybridized carbons (Fsp3) is 0.0625. The Morgan fingerprint density at radius 2 is 2.00 bits per heavy atom. The van der Waals surface area contributed by atoms with Crippen LogP contribution in [0.5, 0.6) is 0 Å². The van der Waals surface area contributed by atoms with Crippen molar-refractivity contribution in [1.82, 2.24) is 15.2 Å². The van der Waals surface area contributed by atoms with Crippen LogP contribution in [0.4, 0.5) is 5.82 Å². The number of aromatic amines is 1. The summed E-state index contributed by atoms with van der Waals surface area (Å²) in [6.07, 6.45) is 4.95. The lowest BCUT2D eigenvalue weighted by Gasteiger charge is -2.08. The lowest BCUT2D eigenvalue weighted by molar-refractivity contribution is 0.0473. The number of anilines is 1. The normalized spacial score (nSPS) is 10.4. The number of esters is 1. The smallest absolute Gasteiger partial charge is 0.342 e. The molecule has 0 fully saturated rings. The van der Waals surface area contributed by atoms with E-state index >= 15 is 0 Å². The van der Waals surface area contributed by atoms with E-state index in [0.717, 1.165) is 16.7 Å². The van der Waals surface area contributed by atoms with Gasteiger partial charge in [-0.25, -0.2) is 9.78 Å². The van der Waals surface area contributed by atoms with Crippen LogP contribution in [0.1, 0.15) is 15.9 Å². The maximum atomic E-state index is 12.2. The average Bonchev–Trinajstić information content (AvgIpc) is 3.08. The van der Waals surface area contributed by atoms with Gasteiger partial charge in [0, 0.05) is 23.5 Å². The highest BCUT2D eigenvalue weighted by Crippen LogP contribution is 2.21. The standard InChI is InChI=1S/C16H14N4O2/c17-15-14(6-12(7-18-15)13-8-19-20-9-13)16(21)22-10-11-4-2-1-3-5-11/h1-9H,10H2,(H2,17,18)(H,19,20). The van der Waals surface area contributed by atoms with Crippen molar-refractivity contribution in [2.45, 2.75) is 6.61 Å². The first-order chi connectivity index (χ1) is 10.7. The van der Waals surface area contributed by atoms with E-state index in [1.165, 1.54) is 0 Å². The monoisotopic (exact) mass is 294 g/mol. The van der Waals surface area contributed by atoms with Crippen LogP contribution in [0.15, 0.2) is 55.0 Å². The summed E-state index contributed by atoms with van der Waals surface area (Å²) in [6.45, 7) is 0.190. The van der Waals surface area contributed by atoms with E-state index in [-0.39, 0.29) is 18.0 Å². The van der Waals surface area contributed by atoms with Crippen LogP contribution in [-0.2, 0) is 11.3 Å². The molecule has 3 aromatic rings. The number of H-pyrrole nitrogens is 1. The van der Waals surface area contributed by atoms with Crippen LogP contribution in [0, 0.1) is 0 Å². The van der Waals surface area contributed by atoms with Gasteiger partial charge < -0.3 is 10.5 Å². The van der Waals surface area contributed by atoms with E-state index in [2.05, 4.69) is 15.2 Å². The lowest BCUT2D eigenvalue weighted by Crippen LogP contribution is -2.09. The van der Waals surface area contributed by atoms with E-state index in [1.54, 1.807) is 24.7 Å². The second kappa shape index (κ2) is 6.09. The molecule has 6 nitrogen and oxygen atoms in total. The van der Waals surface area contributed by atoms with Gasteiger partial charge in [-0.2, -0.15) is 5.10 Å². The maximum Gasteiger partial charge on any atom is 0.342 e. The maximum absolute atomic E-state index is 12.2. The van der Waals surface area contributed by atoms with E-state index in [4.69, 9.17) is 10.5 Å². The molecular formula is C16H14N4O2. The van der Waals surface area contributed by atoms with E-state index in [0.29, 0.717) is 0 Å². The largest absolute Gasteiger partial charge is 0.457 e. The van der Waals surface area contributed by atoms with Crippen molar-refractivity contribution in [3.05, 3.63) is 66.1 Å². The van der Waals surface area contributed by atoms with E-state index in [1.807, 2.05) is 30.3 Å². The highest BCUT2D eigenvalue weighted by Gasteiger charge is 2.14. The zero-order valence-corrected chi connectivity index (χ0v) is 11.7. The molecule has 6 heteroatoms. The number of rotatable bonds is 4. The van der Waals surface area contributed by atoms with Crippen molar-refractivity contribution in [3.8, 4) is 11.1 Å². The Hall–Kier alpha value is -3.15. The van der Waals surface area contributed by atoms with Gasteiger partial charge in [-0.05, 0) is 11.6 Å².